The summed E-state index contributed by atoms with van der Waals surface area (Å²) >= 11 is 16.1. The van der Waals surface area contributed by atoms with Crippen LogP contribution >= 0.6 is 39.1 Å². The predicted octanol–water partition coefficient (Wildman–Crippen LogP) is 8.63. The molecule has 2 aliphatic carbocycles. The molecule has 0 unspecified atom stereocenters. The van der Waals surface area contributed by atoms with Gasteiger partial charge in [-0.3, -0.25) is 29.5 Å². The number of phenolic OH excluding ortho intramolecular Hbond substituents is 1. The van der Waals surface area contributed by atoms with Crippen molar-refractivity contribution in [2.24, 2.45) is 23.7 Å². The summed E-state index contributed by atoms with van der Waals surface area (Å²) in [5, 5.41) is 12.1. The van der Waals surface area contributed by atoms with Crippen LogP contribution in [0.5, 0.6) is 5.75 Å². The number of amides is 4. The molecule has 9 nitrogen and oxygen atoms in total. The number of pyridine rings is 1. The SMILES string of the molecule is CCc1ccc(N2C(=O)[C@H]3[C@H](CC=C4[C@H]3C[C@H]3C(=O)N(Nc5ncc(C(F)(F)F)cc5Cl)C(=O)[C@@]3(c3ccc(Cl)cc3)[C@H]4c3cc(Br)ccc3O)C2=O)cc1. The lowest BCUT2D eigenvalue weighted by atomic mass is 9.49. The van der Waals surface area contributed by atoms with Crippen molar-refractivity contribution in [3.05, 3.63) is 127 Å². The number of carbonyl (C=O) groups excluding carboxylic acids is 4. The van der Waals surface area contributed by atoms with Gasteiger partial charge in [-0.2, -0.15) is 18.2 Å². The number of hydrogen-bond donors (Lipinski definition) is 2. The standard InChI is InChI=1S/C40H30BrCl2F3N4O5/c1-2-19-3-10-24(11-4-19)49-35(52)26-13-12-25-27(32(26)37(49)54)17-29-36(53)50(48-34-30(43)15-21(18-47-34)40(44,45)46)38(55)39(29,20-5-8-23(42)9-6-20)33(25)28-16-22(41)7-14-31(28)51/h3-12,14-16,18,26-27,29,32-33,51H,2,13,17H2,1H3,(H,47,48)/t26-,27+,29-,32-,33+,39+/m0/s1. The van der Waals surface area contributed by atoms with E-state index < -0.39 is 69.5 Å². The third-order valence-corrected chi connectivity index (χ3v) is 12.5. The van der Waals surface area contributed by atoms with Crippen molar-refractivity contribution in [1.29, 1.82) is 0 Å². The van der Waals surface area contributed by atoms with Gasteiger partial charge in [-0.25, -0.2) is 4.98 Å². The van der Waals surface area contributed by atoms with Crippen LogP contribution in [0.15, 0.2) is 95.1 Å². The normalized spacial score (nSPS) is 26.2. The lowest BCUT2D eigenvalue weighted by molar-refractivity contribution is -0.139. The van der Waals surface area contributed by atoms with Gasteiger partial charge in [-0.1, -0.05) is 82.0 Å². The van der Waals surface area contributed by atoms with Crippen LogP contribution in [0.2, 0.25) is 10.0 Å². The first-order valence-electron chi connectivity index (χ1n) is 17.5. The first kappa shape index (κ1) is 37.2. The number of hydrazine groups is 1. The molecule has 3 aromatic carbocycles. The van der Waals surface area contributed by atoms with E-state index in [1.807, 2.05) is 25.1 Å². The number of carbonyl (C=O) groups is 4. The van der Waals surface area contributed by atoms with Crippen LogP contribution in [-0.2, 0) is 37.2 Å². The van der Waals surface area contributed by atoms with Crippen LogP contribution < -0.4 is 10.3 Å². The molecule has 0 bridgehead atoms. The fourth-order valence-electron chi connectivity index (χ4n) is 9.02. The Morgan fingerprint density at radius 3 is 2.31 bits per heavy atom. The molecule has 3 heterocycles. The van der Waals surface area contributed by atoms with Crippen molar-refractivity contribution in [2.45, 2.75) is 43.7 Å². The van der Waals surface area contributed by atoms with Crippen LogP contribution in [0.1, 0.15) is 47.9 Å². The van der Waals surface area contributed by atoms with Crippen molar-refractivity contribution >= 4 is 74.3 Å². The van der Waals surface area contributed by atoms with Gasteiger partial charge in [-0.05, 0) is 84.8 Å². The average molecular weight is 855 g/mol. The van der Waals surface area contributed by atoms with E-state index in [-0.39, 0.29) is 35.9 Å². The molecule has 1 aromatic heterocycles. The smallest absolute Gasteiger partial charge is 0.417 e. The number of allylic oxidation sites excluding steroid dienone is 2. The number of nitrogens with one attached hydrogen (secondary N) is 1. The molecule has 4 amide bonds. The van der Waals surface area contributed by atoms with Gasteiger partial charge in [0.25, 0.3) is 11.8 Å². The lowest BCUT2D eigenvalue weighted by Crippen LogP contribution is -2.53. The number of alkyl halides is 3. The maximum absolute atomic E-state index is 15.3. The van der Waals surface area contributed by atoms with E-state index in [1.165, 1.54) is 11.0 Å². The summed E-state index contributed by atoms with van der Waals surface area (Å²) in [7, 11) is 0. The van der Waals surface area contributed by atoms with Gasteiger partial charge in [0.2, 0.25) is 11.8 Å². The molecule has 4 aromatic rings. The molecule has 2 N–H and O–H groups in total. The first-order valence-corrected chi connectivity index (χ1v) is 19.0. The number of aryl methyl sites for hydroxylation is 1. The zero-order valence-corrected chi connectivity index (χ0v) is 31.9. The van der Waals surface area contributed by atoms with Gasteiger partial charge >= 0.3 is 6.18 Å². The van der Waals surface area contributed by atoms with Crippen LogP contribution in [0, 0.1) is 23.7 Å². The number of halogens is 6. The highest BCUT2D eigenvalue weighted by Gasteiger charge is 2.70. The minimum absolute atomic E-state index is 0.0561. The number of rotatable bonds is 6. The van der Waals surface area contributed by atoms with E-state index in [0.29, 0.717) is 43.6 Å². The summed E-state index contributed by atoms with van der Waals surface area (Å²) in [5.74, 6) is -7.57. The monoisotopic (exact) mass is 852 g/mol. The number of nitrogens with zero attached hydrogens (tertiary/aromatic N) is 3. The topological polar surface area (TPSA) is 120 Å². The zero-order chi connectivity index (χ0) is 39.1. The maximum Gasteiger partial charge on any atom is 0.417 e. The molecule has 1 saturated carbocycles. The van der Waals surface area contributed by atoms with E-state index in [2.05, 4.69) is 26.3 Å². The molecule has 55 heavy (non-hydrogen) atoms. The Labute approximate surface area is 331 Å². The molecule has 2 aliphatic heterocycles. The molecule has 282 valence electrons. The zero-order valence-electron chi connectivity index (χ0n) is 28.8. The second kappa shape index (κ2) is 13.5. The number of phenols is 1. The van der Waals surface area contributed by atoms with Gasteiger partial charge in [0.05, 0.1) is 39.4 Å². The number of hydrogen-bond acceptors (Lipinski definition) is 7. The Morgan fingerprint density at radius 1 is 0.945 bits per heavy atom. The first-order chi connectivity index (χ1) is 26.2. The highest BCUT2D eigenvalue weighted by molar-refractivity contribution is 9.10. The van der Waals surface area contributed by atoms with Gasteiger partial charge < -0.3 is 5.11 Å². The lowest BCUT2D eigenvalue weighted by Gasteiger charge is -2.50. The molecule has 4 aliphatic rings. The number of imide groups is 2. The summed E-state index contributed by atoms with van der Waals surface area (Å²) in [4.78, 5) is 63.7. The van der Waals surface area contributed by atoms with Crippen molar-refractivity contribution in [2.75, 3.05) is 10.3 Å². The molecule has 0 spiro atoms. The Bertz CT molecular complexity index is 2320. The van der Waals surface area contributed by atoms with Crippen molar-refractivity contribution in [3.8, 4) is 5.75 Å². The second-order valence-electron chi connectivity index (χ2n) is 14.2. The second-order valence-corrected chi connectivity index (χ2v) is 15.9. The highest BCUT2D eigenvalue weighted by atomic mass is 79.9. The average Bonchev–Trinajstić information content (AvgIpc) is 3.54. The molecule has 15 heteroatoms. The molecule has 2 saturated heterocycles. The van der Waals surface area contributed by atoms with E-state index in [9.17, 15) is 32.7 Å². The fourth-order valence-corrected chi connectivity index (χ4v) is 9.73. The predicted molar refractivity (Wildman–Crippen MR) is 201 cm³/mol. The Kier molecular flexibility index (Phi) is 9.13. The van der Waals surface area contributed by atoms with Crippen LogP contribution in [-0.4, -0.2) is 38.7 Å². The van der Waals surface area contributed by atoms with Gasteiger partial charge in [0.1, 0.15) is 5.75 Å². The minimum Gasteiger partial charge on any atom is -0.508 e. The van der Waals surface area contributed by atoms with E-state index in [1.54, 1.807) is 48.5 Å². The van der Waals surface area contributed by atoms with Gasteiger partial charge in [0.15, 0.2) is 5.82 Å². The number of anilines is 2. The molecule has 6 atom stereocenters. The van der Waals surface area contributed by atoms with E-state index >= 15 is 4.79 Å². The molecule has 0 radical (unpaired) electrons. The maximum atomic E-state index is 15.3. The summed E-state index contributed by atoms with van der Waals surface area (Å²) in [6, 6.07) is 18.9. The van der Waals surface area contributed by atoms with E-state index in [4.69, 9.17) is 23.2 Å². The van der Waals surface area contributed by atoms with Crippen LogP contribution in [0.3, 0.4) is 0 Å². The highest BCUT2D eigenvalue weighted by Crippen LogP contribution is 2.65. The number of benzene rings is 3. The summed E-state index contributed by atoms with van der Waals surface area (Å²) in [5.41, 5.74) is 2.39. The Morgan fingerprint density at radius 2 is 1.65 bits per heavy atom. The summed E-state index contributed by atoms with van der Waals surface area (Å²) in [6.45, 7) is 2.00. The molecule has 3 fully saturated rings. The number of aromatic hydroxyl groups is 1. The molecular formula is C40H30BrCl2F3N4O5. The Balaban J connectivity index is 1.31. The third-order valence-electron chi connectivity index (χ3n) is 11.5. The fraction of sp³-hybridized carbons (Fsp3) is 0.275. The largest absolute Gasteiger partial charge is 0.508 e. The molecular weight excluding hydrogens is 824 g/mol. The number of fused-ring (bicyclic) bond motifs is 4. The summed E-state index contributed by atoms with van der Waals surface area (Å²) < 4.78 is 41.0. The van der Waals surface area contributed by atoms with E-state index in [0.717, 1.165) is 12.0 Å². The van der Waals surface area contributed by atoms with Crippen molar-refractivity contribution in [1.82, 2.24) is 9.99 Å². The van der Waals surface area contributed by atoms with Crippen LogP contribution in [0.25, 0.3) is 0 Å². The van der Waals surface area contributed by atoms with Gasteiger partial charge in [0, 0.05) is 27.2 Å². The quantitative estimate of drug-likeness (QED) is 0.147. The molecule has 8 rings (SSSR count). The minimum atomic E-state index is -4.75. The Hall–Kier alpha value is -4.72. The third kappa shape index (κ3) is 5.76. The number of aromatic nitrogens is 1. The van der Waals surface area contributed by atoms with Crippen LogP contribution in [0.4, 0.5) is 24.7 Å². The summed E-state index contributed by atoms with van der Waals surface area (Å²) in [6.07, 6.45) is -1.50. The van der Waals surface area contributed by atoms with Gasteiger partial charge in [-0.15, -0.1) is 0 Å². The van der Waals surface area contributed by atoms with Crippen molar-refractivity contribution < 1.29 is 37.5 Å². The van der Waals surface area contributed by atoms with Crippen molar-refractivity contribution in [3.63, 3.8) is 0 Å².